The van der Waals surface area contributed by atoms with Gasteiger partial charge in [0, 0.05) is 54.9 Å². The highest BCUT2D eigenvalue weighted by atomic mass is 15.0. The van der Waals surface area contributed by atoms with Gasteiger partial charge in [0.25, 0.3) is 0 Å². The van der Waals surface area contributed by atoms with Crippen LogP contribution >= 0.6 is 0 Å². The maximum atomic E-state index is 10.8. The highest BCUT2D eigenvalue weighted by Crippen LogP contribution is 2.41. The zero-order valence-corrected chi connectivity index (χ0v) is 29.5. The molecule has 0 saturated heterocycles. The molecule has 0 radical (unpaired) electrons. The van der Waals surface area contributed by atoms with E-state index in [1.165, 1.54) is 27.2 Å². The molecule has 0 aliphatic rings. The molecule has 254 valence electrons. The standard InChI is InChI=1S/C50H29N5/c1-52-42-18-12-24-48-50(42)41-17-6-11-23-47(41)54(48)33-25-27-35(32(29-33)31-51)36-13-2-9-21-45(36)55-46-22-10-5-16-39(46)40-28-26-34(30-49(40)55)53-43-19-7-3-14-37(43)38-15-4-8-20-44(38)53/h2-30H. The van der Waals surface area contributed by atoms with Gasteiger partial charge in [-0.3, -0.25) is 0 Å². The van der Waals surface area contributed by atoms with E-state index in [0.29, 0.717) is 11.3 Å². The maximum Gasteiger partial charge on any atom is 0.197 e. The normalized spacial score (nSPS) is 11.6. The molecular formula is C50H29N5. The SMILES string of the molecule is [C-]#[N+]c1cccc2c1c1ccccc1n2-c1ccc(-c2ccccc2-n2c3ccccc3c3ccc(-n4c5ccccc5c5ccccc54)cc32)c(C#N)c1. The lowest BCUT2D eigenvalue weighted by atomic mass is 9.97. The molecule has 11 aromatic rings. The van der Waals surface area contributed by atoms with Gasteiger partial charge in [-0.2, -0.15) is 5.26 Å². The Bertz CT molecular complexity index is 3420. The summed E-state index contributed by atoms with van der Waals surface area (Å²) >= 11 is 0. The first-order chi connectivity index (χ1) is 27.2. The Morgan fingerprint density at radius 3 is 1.60 bits per heavy atom. The summed E-state index contributed by atoms with van der Waals surface area (Å²) in [5.41, 5.74) is 12.4. The van der Waals surface area contributed by atoms with Crippen molar-refractivity contribution < 1.29 is 0 Å². The van der Waals surface area contributed by atoms with Crippen molar-refractivity contribution in [1.29, 1.82) is 5.26 Å². The summed E-state index contributed by atoms with van der Waals surface area (Å²) < 4.78 is 6.88. The molecule has 5 heteroatoms. The third-order valence-corrected chi connectivity index (χ3v) is 11.1. The van der Waals surface area contributed by atoms with E-state index < -0.39 is 0 Å². The van der Waals surface area contributed by atoms with Crippen LogP contribution in [0, 0.1) is 17.9 Å². The van der Waals surface area contributed by atoms with Crippen LogP contribution in [0.3, 0.4) is 0 Å². The lowest BCUT2D eigenvalue weighted by molar-refractivity contribution is 1.15. The molecule has 0 atom stereocenters. The van der Waals surface area contributed by atoms with Crippen LogP contribution in [0.15, 0.2) is 176 Å². The van der Waals surface area contributed by atoms with Gasteiger partial charge in [-0.05, 0) is 66.0 Å². The molecule has 3 aromatic heterocycles. The molecule has 8 aromatic carbocycles. The summed E-state index contributed by atoms with van der Waals surface area (Å²) in [5.74, 6) is 0. The Labute approximate surface area is 316 Å². The Kier molecular flexibility index (Phi) is 6.61. The second kappa shape index (κ2) is 11.8. The summed E-state index contributed by atoms with van der Waals surface area (Å²) in [6, 6.07) is 63.7. The van der Waals surface area contributed by atoms with Crippen LogP contribution in [-0.2, 0) is 0 Å². The van der Waals surface area contributed by atoms with Crippen molar-refractivity contribution in [1.82, 2.24) is 13.7 Å². The van der Waals surface area contributed by atoms with Crippen molar-refractivity contribution in [2.75, 3.05) is 0 Å². The lowest BCUT2D eigenvalue weighted by Gasteiger charge is -2.17. The number of aromatic nitrogens is 3. The van der Waals surface area contributed by atoms with Gasteiger partial charge < -0.3 is 13.7 Å². The van der Waals surface area contributed by atoms with E-state index in [2.05, 4.69) is 164 Å². The molecular weight excluding hydrogens is 671 g/mol. The monoisotopic (exact) mass is 699 g/mol. The third-order valence-electron chi connectivity index (χ3n) is 11.1. The van der Waals surface area contributed by atoms with Crippen LogP contribution in [0.25, 0.3) is 98.5 Å². The fraction of sp³-hybridized carbons (Fsp3) is 0. The summed E-state index contributed by atoms with van der Waals surface area (Å²) in [6.07, 6.45) is 0. The molecule has 0 aliphatic carbocycles. The first kappa shape index (κ1) is 30.7. The zero-order chi connectivity index (χ0) is 36.6. The first-order valence-corrected chi connectivity index (χ1v) is 18.3. The summed E-state index contributed by atoms with van der Waals surface area (Å²) in [7, 11) is 0. The molecule has 3 heterocycles. The molecule has 11 rings (SSSR count). The number of fused-ring (bicyclic) bond motifs is 9. The summed E-state index contributed by atoms with van der Waals surface area (Å²) in [6.45, 7) is 7.86. The molecule has 55 heavy (non-hydrogen) atoms. The molecule has 0 amide bonds. The van der Waals surface area contributed by atoms with Gasteiger partial charge >= 0.3 is 0 Å². The van der Waals surface area contributed by atoms with Crippen LogP contribution < -0.4 is 0 Å². The van der Waals surface area contributed by atoms with Gasteiger partial charge in [0.1, 0.15) is 0 Å². The van der Waals surface area contributed by atoms with Gasteiger partial charge in [0.2, 0.25) is 0 Å². The van der Waals surface area contributed by atoms with Crippen LogP contribution in [0.4, 0.5) is 5.69 Å². The average Bonchev–Trinajstić information content (AvgIpc) is 3.89. The first-order valence-electron chi connectivity index (χ1n) is 18.3. The van der Waals surface area contributed by atoms with Crippen LogP contribution in [0.5, 0.6) is 0 Å². The predicted molar refractivity (Wildman–Crippen MR) is 226 cm³/mol. The Morgan fingerprint density at radius 1 is 0.418 bits per heavy atom. The second-order valence-corrected chi connectivity index (χ2v) is 13.9. The highest BCUT2D eigenvalue weighted by Gasteiger charge is 2.21. The van der Waals surface area contributed by atoms with Gasteiger partial charge in [-0.25, -0.2) is 4.85 Å². The van der Waals surface area contributed by atoms with E-state index in [1.807, 2.05) is 36.4 Å². The van der Waals surface area contributed by atoms with E-state index in [1.54, 1.807) is 0 Å². The van der Waals surface area contributed by atoms with Crippen molar-refractivity contribution in [3.8, 4) is 34.3 Å². The number of hydrogen-bond donors (Lipinski definition) is 0. The van der Waals surface area contributed by atoms with Crippen molar-refractivity contribution in [3.05, 3.63) is 193 Å². The zero-order valence-electron chi connectivity index (χ0n) is 29.5. The largest absolute Gasteiger partial charge is 0.311 e. The number of nitriles is 1. The van der Waals surface area contributed by atoms with Crippen molar-refractivity contribution in [2.45, 2.75) is 0 Å². The van der Waals surface area contributed by atoms with Gasteiger partial charge in [0.05, 0.1) is 51.5 Å². The smallest absolute Gasteiger partial charge is 0.197 e. The molecule has 0 N–H and O–H groups in total. The fourth-order valence-corrected chi connectivity index (χ4v) is 8.83. The molecule has 0 aliphatic heterocycles. The Hall–Kier alpha value is -7.86. The topological polar surface area (TPSA) is 42.9 Å². The number of nitrogens with zero attached hydrogens (tertiary/aromatic N) is 5. The van der Waals surface area contributed by atoms with Gasteiger partial charge in [-0.1, -0.05) is 115 Å². The van der Waals surface area contributed by atoms with E-state index >= 15 is 0 Å². The molecule has 0 unspecified atom stereocenters. The van der Waals surface area contributed by atoms with E-state index in [4.69, 9.17) is 6.57 Å². The quantitative estimate of drug-likeness (QED) is 0.169. The fourth-order valence-electron chi connectivity index (χ4n) is 8.83. The minimum Gasteiger partial charge on any atom is -0.311 e. The number of benzene rings is 8. The van der Waals surface area contributed by atoms with Gasteiger partial charge in [-0.15, -0.1) is 0 Å². The Morgan fingerprint density at radius 2 is 0.927 bits per heavy atom. The average molecular weight is 700 g/mol. The number of hydrogen-bond acceptors (Lipinski definition) is 1. The summed E-state index contributed by atoms with van der Waals surface area (Å²) in [4.78, 5) is 3.85. The van der Waals surface area contributed by atoms with Crippen molar-refractivity contribution >= 4 is 71.1 Å². The molecule has 0 spiro atoms. The maximum absolute atomic E-state index is 10.8. The van der Waals surface area contributed by atoms with Crippen LogP contribution in [0.1, 0.15) is 5.56 Å². The lowest BCUT2D eigenvalue weighted by Crippen LogP contribution is -2.00. The van der Waals surface area contributed by atoms with Crippen LogP contribution in [-0.4, -0.2) is 13.7 Å². The minimum absolute atomic E-state index is 0.573. The van der Waals surface area contributed by atoms with E-state index in [-0.39, 0.29) is 0 Å². The number of para-hydroxylation sites is 5. The predicted octanol–water partition coefficient (Wildman–Crippen LogP) is 13.1. The van der Waals surface area contributed by atoms with Crippen molar-refractivity contribution in [2.24, 2.45) is 0 Å². The summed E-state index contributed by atoms with van der Waals surface area (Å²) in [5, 5.41) is 17.5. The molecule has 0 fully saturated rings. The highest BCUT2D eigenvalue weighted by molar-refractivity contribution is 6.15. The Balaban J connectivity index is 1.14. The minimum atomic E-state index is 0.573. The van der Waals surface area contributed by atoms with E-state index in [0.717, 1.165) is 66.4 Å². The molecule has 0 bridgehead atoms. The molecule has 0 saturated carbocycles. The van der Waals surface area contributed by atoms with E-state index in [9.17, 15) is 5.26 Å². The molecule has 5 nitrogen and oxygen atoms in total. The number of rotatable bonds is 4. The second-order valence-electron chi connectivity index (χ2n) is 13.9. The van der Waals surface area contributed by atoms with Gasteiger partial charge in [0.15, 0.2) is 5.69 Å². The van der Waals surface area contributed by atoms with Crippen molar-refractivity contribution in [3.63, 3.8) is 0 Å². The third kappa shape index (κ3) is 4.39. The van der Waals surface area contributed by atoms with Crippen LogP contribution in [0.2, 0.25) is 0 Å².